The lowest BCUT2D eigenvalue weighted by Crippen LogP contribution is -2.31. The molecule has 4 heteroatoms. The molecule has 0 aliphatic rings. The number of unbranched alkanes of at least 4 members (excludes halogenated alkanes) is 1. The van der Waals surface area contributed by atoms with Gasteiger partial charge in [-0.25, -0.2) is 4.39 Å². The molecule has 1 N–H and O–H groups in total. The number of rotatable bonds is 7. The van der Waals surface area contributed by atoms with E-state index in [-0.39, 0.29) is 23.7 Å². The number of amides is 1. The standard InChI is InChI=1S/C15H21BrFNO/c1-11(2)15(12-6-8-13(17)9-7-12)18-14(19)5-3-4-10-16/h6-9,11,15H,3-5,10H2,1-2H3,(H,18,19). The van der Waals surface area contributed by atoms with E-state index in [1.165, 1.54) is 12.1 Å². The van der Waals surface area contributed by atoms with Gasteiger partial charge in [0.05, 0.1) is 6.04 Å². The van der Waals surface area contributed by atoms with E-state index in [0.717, 1.165) is 23.7 Å². The maximum Gasteiger partial charge on any atom is 0.220 e. The lowest BCUT2D eigenvalue weighted by molar-refractivity contribution is -0.122. The summed E-state index contributed by atoms with van der Waals surface area (Å²) in [4.78, 5) is 11.9. The molecule has 0 saturated carbocycles. The topological polar surface area (TPSA) is 29.1 Å². The Balaban J connectivity index is 2.63. The fraction of sp³-hybridized carbons (Fsp3) is 0.533. The molecule has 0 heterocycles. The highest BCUT2D eigenvalue weighted by atomic mass is 79.9. The Bertz CT molecular complexity index is 392. The molecule has 1 atom stereocenters. The Kier molecular flexibility index (Phi) is 7.06. The molecule has 0 aliphatic carbocycles. The number of benzene rings is 1. The minimum absolute atomic E-state index is 0.0583. The average Bonchev–Trinajstić information content (AvgIpc) is 2.37. The van der Waals surface area contributed by atoms with Crippen LogP contribution in [0.5, 0.6) is 0 Å². The number of carbonyl (C=O) groups is 1. The predicted molar refractivity (Wildman–Crippen MR) is 79.8 cm³/mol. The van der Waals surface area contributed by atoms with Crippen LogP contribution in [0.2, 0.25) is 0 Å². The Morgan fingerprint density at radius 2 is 1.89 bits per heavy atom. The van der Waals surface area contributed by atoms with Crippen LogP contribution in [-0.4, -0.2) is 11.2 Å². The maximum atomic E-state index is 12.9. The Labute approximate surface area is 122 Å². The van der Waals surface area contributed by atoms with Crippen LogP contribution in [0.25, 0.3) is 0 Å². The van der Waals surface area contributed by atoms with Crippen molar-refractivity contribution < 1.29 is 9.18 Å². The fourth-order valence-corrected chi connectivity index (χ4v) is 2.33. The molecule has 0 spiro atoms. The van der Waals surface area contributed by atoms with Crippen molar-refractivity contribution in [1.82, 2.24) is 5.32 Å². The molecule has 0 aromatic heterocycles. The van der Waals surface area contributed by atoms with Gasteiger partial charge in [0.15, 0.2) is 0 Å². The van der Waals surface area contributed by atoms with Gasteiger partial charge >= 0.3 is 0 Å². The third kappa shape index (κ3) is 5.72. The zero-order valence-corrected chi connectivity index (χ0v) is 13.0. The highest BCUT2D eigenvalue weighted by Crippen LogP contribution is 2.22. The van der Waals surface area contributed by atoms with Crippen LogP contribution in [0.3, 0.4) is 0 Å². The van der Waals surface area contributed by atoms with Crippen molar-refractivity contribution in [2.45, 2.75) is 39.2 Å². The third-order valence-electron chi connectivity index (χ3n) is 3.00. The molecule has 1 aromatic rings. The van der Waals surface area contributed by atoms with Gasteiger partial charge in [0.25, 0.3) is 0 Å². The Morgan fingerprint density at radius 1 is 1.26 bits per heavy atom. The van der Waals surface area contributed by atoms with Gasteiger partial charge in [-0.2, -0.15) is 0 Å². The molecule has 1 amide bonds. The van der Waals surface area contributed by atoms with Gasteiger partial charge < -0.3 is 5.32 Å². The second-order valence-electron chi connectivity index (χ2n) is 4.99. The van der Waals surface area contributed by atoms with E-state index in [0.29, 0.717) is 6.42 Å². The van der Waals surface area contributed by atoms with Gasteiger partial charge in [-0.3, -0.25) is 4.79 Å². The van der Waals surface area contributed by atoms with Crippen LogP contribution in [0.4, 0.5) is 4.39 Å². The first-order valence-corrected chi connectivity index (χ1v) is 7.77. The molecule has 1 aromatic carbocycles. The Morgan fingerprint density at radius 3 is 2.42 bits per heavy atom. The van der Waals surface area contributed by atoms with Crippen molar-refractivity contribution in [2.24, 2.45) is 5.92 Å². The summed E-state index contributed by atoms with van der Waals surface area (Å²) in [6, 6.07) is 6.28. The van der Waals surface area contributed by atoms with Crippen molar-refractivity contribution in [3.63, 3.8) is 0 Å². The first kappa shape index (κ1) is 16.2. The van der Waals surface area contributed by atoms with Crippen LogP contribution >= 0.6 is 15.9 Å². The van der Waals surface area contributed by atoms with Crippen LogP contribution < -0.4 is 5.32 Å². The molecule has 0 radical (unpaired) electrons. The highest BCUT2D eigenvalue weighted by Gasteiger charge is 2.17. The van der Waals surface area contributed by atoms with Gasteiger partial charge in [-0.05, 0) is 36.5 Å². The predicted octanol–water partition coefficient (Wildman–Crippen LogP) is 4.20. The van der Waals surface area contributed by atoms with Crippen molar-refractivity contribution in [3.05, 3.63) is 35.6 Å². The zero-order chi connectivity index (χ0) is 14.3. The summed E-state index contributed by atoms with van der Waals surface area (Å²) in [5, 5.41) is 3.96. The van der Waals surface area contributed by atoms with E-state index in [2.05, 4.69) is 21.2 Å². The van der Waals surface area contributed by atoms with E-state index in [9.17, 15) is 9.18 Å². The van der Waals surface area contributed by atoms with E-state index in [4.69, 9.17) is 0 Å². The smallest absolute Gasteiger partial charge is 0.220 e. The van der Waals surface area contributed by atoms with Crippen LogP contribution in [0, 0.1) is 11.7 Å². The zero-order valence-electron chi connectivity index (χ0n) is 11.5. The number of nitrogens with one attached hydrogen (secondary N) is 1. The quantitative estimate of drug-likeness (QED) is 0.589. The third-order valence-corrected chi connectivity index (χ3v) is 3.56. The lowest BCUT2D eigenvalue weighted by atomic mass is 9.96. The molecular formula is C15H21BrFNO. The number of hydrogen-bond acceptors (Lipinski definition) is 1. The van der Waals surface area contributed by atoms with Crippen molar-refractivity contribution in [1.29, 1.82) is 0 Å². The molecule has 0 saturated heterocycles. The number of alkyl halides is 1. The Hall–Kier alpha value is -0.900. The van der Waals surface area contributed by atoms with E-state index in [1.807, 2.05) is 13.8 Å². The van der Waals surface area contributed by atoms with Gasteiger partial charge in [0.1, 0.15) is 5.82 Å². The summed E-state index contributed by atoms with van der Waals surface area (Å²) in [5.41, 5.74) is 0.949. The van der Waals surface area contributed by atoms with Gasteiger partial charge in [0, 0.05) is 11.8 Å². The number of halogens is 2. The van der Waals surface area contributed by atoms with Crippen molar-refractivity contribution in [3.8, 4) is 0 Å². The minimum Gasteiger partial charge on any atom is -0.349 e. The van der Waals surface area contributed by atoms with Gasteiger partial charge in [-0.15, -0.1) is 0 Å². The van der Waals surface area contributed by atoms with Gasteiger partial charge in [0.2, 0.25) is 5.91 Å². The second kappa shape index (κ2) is 8.31. The normalized spacial score (nSPS) is 12.5. The lowest BCUT2D eigenvalue weighted by Gasteiger charge is -2.23. The monoisotopic (exact) mass is 329 g/mol. The van der Waals surface area contributed by atoms with Crippen LogP contribution in [0.1, 0.15) is 44.7 Å². The molecule has 0 bridgehead atoms. The SMILES string of the molecule is CC(C)C(NC(=O)CCCCBr)c1ccc(F)cc1. The van der Waals surface area contributed by atoms with E-state index in [1.54, 1.807) is 12.1 Å². The highest BCUT2D eigenvalue weighted by molar-refractivity contribution is 9.09. The molecule has 106 valence electrons. The summed E-state index contributed by atoms with van der Waals surface area (Å²) >= 11 is 3.35. The number of carbonyl (C=O) groups excluding carboxylic acids is 1. The molecule has 1 unspecified atom stereocenters. The summed E-state index contributed by atoms with van der Waals surface area (Å²) < 4.78 is 12.9. The molecule has 0 fully saturated rings. The molecule has 1 rings (SSSR count). The summed E-state index contributed by atoms with van der Waals surface area (Å²) in [6.45, 7) is 4.10. The van der Waals surface area contributed by atoms with Crippen molar-refractivity contribution in [2.75, 3.05) is 5.33 Å². The summed E-state index contributed by atoms with van der Waals surface area (Å²) in [5.74, 6) is 0.0736. The largest absolute Gasteiger partial charge is 0.349 e. The van der Waals surface area contributed by atoms with Gasteiger partial charge in [-0.1, -0.05) is 41.9 Å². The average molecular weight is 330 g/mol. The molecule has 0 aliphatic heterocycles. The molecule has 2 nitrogen and oxygen atoms in total. The first-order chi connectivity index (χ1) is 9.04. The van der Waals surface area contributed by atoms with Crippen molar-refractivity contribution >= 4 is 21.8 Å². The first-order valence-electron chi connectivity index (χ1n) is 6.65. The van der Waals surface area contributed by atoms with Crippen LogP contribution in [0.15, 0.2) is 24.3 Å². The molecular weight excluding hydrogens is 309 g/mol. The summed E-state index contributed by atoms with van der Waals surface area (Å²) in [7, 11) is 0. The molecule has 19 heavy (non-hydrogen) atoms. The fourth-order valence-electron chi connectivity index (χ4n) is 1.93. The van der Waals surface area contributed by atoms with E-state index >= 15 is 0 Å². The minimum atomic E-state index is -0.255. The van der Waals surface area contributed by atoms with E-state index < -0.39 is 0 Å². The second-order valence-corrected chi connectivity index (χ2v) is 5.78. The number of hydrogen-bond donors (Lipinski definition) is 1. The van der Waals surface area contributed by atoms with Crippen LogP contribution in [-0.2, 0) is 4.79 Å². The maximum absolute atomic E-state index is 12.9. The summed E-state index contributed by atoms with van der Waals surface area (Å²) in [6.07, 6.45) is 2.41.